The maximum atomic E-state index is 12.6. The van der Waals surface area contributed by atoms with Gasteiger partial charge in [-0.15, -0.1) is 0 Å². The monoisotopic (exact) mass is 309 g/mol. The van der Waals surface area contributed by atoms with E-state index < -0.39 is 16.8 Å². The molecule has 124 valence electrons. The summed E-state index contributed by atoms with van der Waals surface area (Å²) in [4.78, 5) is 14.3. The van der Waals surface area contributed by atoms with Gasteiger partial charge in [0.25, 0.3) is 0 Å². The van der Waals surface area contributed by atoms with Crippen LogP contribution >= 0.6 is 0 Å². The first kappa shape index (κ1) is 16.6. The van der Waals surface area contributed by atoms with Crippen molar-refractivity contribution in [2.24, 2.45) is 10.8 Å². The molecule has 0 aromatic carbocycles. The Hall–Kier alpha value is -1.76. The molecule has 1 saturated heterocycles. The Bertz CT molecular complexity index is 495. The van der Waals surface area contributed by atoms with E-state index in [4.69, 9.17) is 10.5 Å². The number of piperidine rings is 1. The summed E-state index contributed by atoms with van der Waals surface area (Å²) in [5.74, 6) is 0. The Kier molecular flexibility index (Phi) is 4.12. The summed E-state index contributed by atoms with van der Waals surface area (Å²) in [6.45, 7) is 10.1. The quantitative estimate of drug-likeness (QED) is 0.771. The molecule has 2 rings (SSSR count). The van der Waals surface area contributed by atoms with Crippen LogP contribution in [-0.4, -0.2) is 45.7 Å². The number of likely N-dealkylation sites (tertiary alicyclic amines) is 1. The molecule has 0 radical (unpaired) electrons. The summed E-state index contributed by atoms with van der Waals surface area (Å²) in [7, 11) is 0. The van der Waals surface area contributed by atoms with E-state index in [9.17, 15) is 4.79 Å². The second kappa shape index (κ2) is 5.46. The molecule has 1 fully saturated rings. The lowest BCUT2D eigenvalue weighted by Gasteiger charge is -2.56. The van der Waals surface area contributed by atoms with E-state index in [1.54, 1.807) is 28.5 Å². The molecule has 7 nitrogen and oxygen atoms in total. The first-order valence-corrected chi connectivity index (χ1v) is 7.63. The van der Waals surface area contributed by atoms with Crippen LogP contribution in [0.5, 0.6) is 0 Å². The largest absolute Gasteiger partial charge is 0.444 e. The lowest BCUT2D eigenvalue weighted by atomic mass is 9.79. The molecular weight excluding hydrogens is 282 g/mol. The van der Waals surface area contributed by atoms with Gasteiger partial charge in [-0.1, -0.05) is 0 Å². The molecule has 0 bridgehead atoms. The third-order valence-corrected chi connectivity index (χ3v) is 4.23. The Morgan fingerprint density at radius 1 is 1.41 bits per heavy atom. The summed E-state index contributed by atoms with van der Waals surface area (Å²) >= 11 is 0. The van der Waals surface area contributed by atoms with Crippen molar-refractivity contribution in [3.8, 4) is 0 Å². The Balaban J connectivity index is 2.25. The first-order valence-electron chi connectivity index (χ1n) is 7.63. The van der Waals surface area contributed by atoms with E-state index in [1.807, 2.05) is 34.6 Å². The zero-order chi connectivity index (χ0) is 16.6. The Morgan fingerprint density at radius 2 is 2.09 bits per heavy atom. The predicted molar refractivity (Wildman–Crippen MR) is 85.8 cm³/mol. The number of amides is 1. The number of ether oxygens (including phenoxy) is 1. The average molecular weight is 309 g/mol. The van der Waals surface area contributed by atoms with Gasteiger partial charge in [0.15, 0.2) is 5.66 Å². The number of carbonyl (C=O) groups is 1. The van der Waals surface area contributed by atoms with E-state index in [0.29, 0.717) is 6.54 Å². The van der Waals surface area contributed by atoms with Crippen molar-refractivity contribution >= 4 is 12.3 Å². The van der Waals surface area contributed by atoms with Gasteiger partial charge in [0.1, 0.15) is 5.60 Å². The number of nitrogens with zero attached hydrogens (tertiary/aromatic N) is 3. The van der Waals surface area contributed by atoms with E-state index in [0.717, 1.165) is 12.8 Å². The molecule has 0 aromatic rings. The molecule has 22 heavy (non-hydrogen) atoms. The fourth-order valence-electron chi connectivity index (χ4n) is 2.84. The number of hydrogen-bond acceptors (Lipinski definition) is 6. The van der Waals surface area contributed by atoms with Gasteiger partial charge in [0.2, 0.25) is 0 Å². The molecule has 1 amide bonds. The number of hydrazone groups is 1. The van der Waals surface area contributed by atoms with E-state index in [1.165, 1.54) is 0 Å². The second-order valence-corrected chi connectivity index (χ2v) is 7.28. The minimum Gasteiger partial charge on any atom is -0.444 e. The standard InChI is InChI=1S/C15H27N5O2/c1-13(2,3)22-12(21)19-11-6-8-15(16,14(19,4)5)20-17-9-7-10-18-20/h7,9-10,17H,6,8,11,16H2,1-5H3. The molecule has 1 atom stereocenters. The molecule has 0 saturated carbocycles. The molecule has 0 aromatic heterocycles. The van der Waals surface area contributed by atoms with Crippen LogP contribution in [0.15, 0.2) is 17.4 Å². The van der Waals surface area contributed by atoms with Crippen molar-refractivity contribution in [1.82, 2.24) is 15.4 Å². The van der Waals surface area contributed by atoms with Crippen LogP contribution in [0.2, 0.25) is 0 Å². The molecule has 1 unspecified atom stereocenters. The fourth-order valence-corrected chi connectivity index (χ4v) is 2.84. The highest BCUT2D eigenvalue weighted by atomic mass is 16.6. The molecule has 0 aliphatic carbocycles. The zero-order valence-corrected chi connectivity index (χ0v) is 14.1. The number of carbonyl (C=O) groups excluding carboxylic acids is 1. The molecule has 2 aliphatic rings. The van der Waals surface area contributed by atoms with Crippen molar-refractivity contribution in [2.75, 3.05) is 6.54 Å². The summed E-state index contributed by atoms with van der Waals surface area (Å²) in [6.07, 6.45) is 6.40. The Labute approximate surface area is 132 Å². The van der Waals surface area contributed by atoms with Crippen LogP contribution in [0.3, 0.4) is 0 Å². The third-order valence-electron chi connectivity index (χ3n) is 4.23. The normalized spacial score (nSPS) is 27.5. The van der Waals surface area contributed by atoms with Gasteiger partial charge in [0, 0.05) is 12.7 Å². The van der Waals surface area contributed by atoms with Crippen molar-refractivity contribution in [3.05, 3.63) is 12.3 Å². The van der Waals surface area contributed by atoms with Crippen LogP contribution in [0.1, 0.15) is 47.5 Å². The molecule has 3 N–H and O–H groups in total. The van der Waals surface area contributed by atoms with Crippen molar-refractivity contribution in [2.45, 2.75) is 64.3 Å². The summed E-state index contributed by atoms with van der Waals surface area (Å²) in [6, 6.07) is 0. The molecule has 2 heterocycles. The minimum absolute atomic E-state index is 0.344. The summed E-state index contributed by atoms with van der Waals surface area (Å²) < 4.78 is 5.53. The van der Waals surface area contributed by atoms with Gasteiger partial charge < -0.3 is 10.5 Å². The highest BCUT2D eigenvalue weighted by molar-refractivity contribution is 5.71. The lowest BCUT2D eigenvalue weighted by molar-refractivity contribution is -0.102. The van der Waals surface area contributed by atoms with Gasteiger partial charge in [-0.3, -0.25) is 10.3 Å². The van der Waals surface area contributed by atoms with E-state index in [-0.39, 0.29) is 6.09 Å². The van der Waals surface area contributed by atoms with Crippen molar-refractivity contribution in [1.29, 1.82) is 0 Å². The SMILES string of the molecule is CC(C)(C)OC(=O)N1CCCC(N)(N2N=CC=CN2)C1(C)C. The van der Waals surface area contributed by atoms with Crippen LogP contribution in [0.25, 0.3) is 0 Å². The number of allylic oxidation sites excluding steroid dienone is 1. The lowest BCUT2D eigenvalue weighted by Crippen LogP contribution is -2.77. The molecule has 0 spiro atoms. The topological polar surface area (TPSA) is 83.2 Å². The first-order chi connectivity index (χ1) is 10.1. The minimum atomic E-state index is -0.830. The van der Waals surface area contributed by atoms with Gasteiger partial charge in [0.05, 0.1) is 11.8 Å². The summed E-state index contributed by atoms with van der Waals surface area (Å²) in [5, 5.41) is 5.92. The highest BCUT2D eigenvalue weighted by Gasteiger charge is 2.55. The predicted octanol–water partition coefficient (Wildman–Crippen LogP) is 1.77. The second-order valence-electron chi connectivity index (χ2n) is 7.28. The number of hydrogen-bond donors (Lipinski definition) is 2. The average Bonchev–Trinajstić information content (AvgIpc) is 2.40. The maximum absolute atomic E-state index is 12.6. The molecule has 2 aliphatic heterocycles. The van der Waals surface area contributed by atoms with Crippen molar-refractivity contribution in [3.63, 3.8) is 0 Å². The smallest absolute Gasteiger partial charge is 0.410 e. The third kappa shape index (κ3) is 2.90. The Morgan fingerprint density at radius 3 is 2.64 bits per heavy atom. The fraction of sp³-hybridized carbons (Fsp3) is 0.733. The van der Waals surface area contributed by atoms with Gasteiger partial charge in [-0.25, -0.2) is 4.79 Å². The molecular formula is C15H27N5O2. The van der Waals surface area contributed by atoms with Gasteiger partial charge >= 0.3 is 6.09 Å². The number of rotatable bonds is 1. The van der Waals surface area contributed by atoms with Crippen LogP contribution in [0, 0.1) is 0 Å². The van der Waals surface area contributed by atoms with Gasteiger partial charge in [-0.2, -0.15) is 10.2 Å². The van der Waals surface area contributed by atoms with E-state index >= 15 is 0 Å². The van der Waals surface area contributed by atoms with Crippen molar-refractivity contribution < 1.29 is 9.53 Å². The van der Waals surface area contributed by atoms with E-state index in [2.05, 4.69) is 10.5 Å². The van der Waals surface area contributed by atoms with Gasteiger partial charge in [-0.05, 0) is 53.5 Å². The number of hydrazine groups is 1. The number of nitrogens with two attached hydrogens (primary N) is 1. The highest BCUT2D eigenvalue weighted by Crippen LogP contribution is 2.38. The van der Waals surface area contributed by atoms with Crippen LogP contribution in [-0.2, 0) is 4.74 Å². The molecule has 7 heteroatoms. The van der Waals surface area contributed by atoms with Crippen LogP contribution in [0.4, 0.5) is 4.79 Å². The zero-order valence-electron chi connectivity index (χ0n) is 14.1. The summed E-state index contributed by atoms with van der Waals surface area (Å²) in [5.41, 5.74) is 7.70. The maximum Gasteiger partial charge on any atom is 0.410 e. The number of nitrogens with one attached hydrogen (secondary N) is 1. The van der Waals surface area contributed by atoms with Crippen LogP contribution < -0.4 is 11.2 Å².